The molecular formula is C13H21NO3S. The Morgan fingerprint density at radius 3 is 2.83 bits per heavy atom. The number of hydrogen-bond acceptors (Lipinski definition) is 5. The fourth-order valence-corrected chi connectivity index (χ4v) is 3.24. The van der Waals surface area contributed by atoms with Gasteiger partial charge in [0.1, 0.15) is 0 Å². The normalized spacial score (nSPS) is 20.8. The van der Waals surface area contributed by atoms with Crippen LogP contribution < -0.4 is 0 Å². The van der Waals surface area contributed by atoms with Gasteiger partial charge in [0.25, 0.3) is 0 Å². The van der Waals surface area contributed by atoms with Crippen molar-refractivity contribution in [2.45, 2.75) is 44.8 Å². The molecule has 102 valence electrons. The molecular weight excluding hydrogens is 250 g/mol. The van der Waals surface area contributed by atoms with Crippen molar-refractivity contribution in [2.24, 2.45) is 0 Å². The molecule has 5 heteroatoms. The van der Waals surface area contributed by atoms with Crippen molar-refractivity contribution < 1.29 is 14.6 Å². The van der Waals surface area contributed by atoms with Crippen molar-refractivity contribution >= 4 is 11.3 Å². The third-order valence-corrected chi connectivity index (χ3v) is 4.40. The summed E-state index contributed by atoms with van der Waals surface area (Å²) in [5, 5.41) is 13.5. The number of aliphatic hydroxyl groups excluding tert-OH is 1. The molecule has 1 aliphatic heterocycles. The molecule has 4 nitrogen and oxygen atoms in total. The summed E-state index contributed by atoms with van der Waals surface area (Å²) in [5.74, 6) is 0. The van der Waals surface area contributed by atoms with E-state index in [9.17, 15) is 5.11 Å². The second kappa shape index (κ2) is 6.10. The molecule has 0 bridgehead atoms. The molecule has 1 N–H and O–H groups in total. The highest BCUT2D eigenvalue weighted by atomic mass is 32.1. The van der Waals surface area contributed by atoms with Gasteiger partial charge in [-0.05, 0) is 13.8 Å². The predicted molar refractivity (Wildman–Crippen MR) is 71.0 cm³/mol. The second-order valence-corrected chi connectivity index (χ2v) is 5.66. The summed E-state index contributed by atoms with van der Waals surface area (Å²) in [6.07, 6.45) is 1.57. The van der Waals surface area contributed by atoms with Gasteiger partial charge >= 0.3 is 0 Å². The van der Waals surface area contributed by atoms with Gasteiger partial charge in [0, 0.05) is 50.2 Å². The Balaban J connectivity index is 2.05. The Labute approximate surface area is 112 Å². The first-order valence-electron chi connectivity index (χ1n) is 6.47. The quantitative estimate of drug-likeness (QED) is 0.889. The largest absolute Gasteiger partial charge is 0.390 e. The van der Waals surface area contributed by atoms with Crippen LogP contribution >= 0.6 is 11.3 Å². The zero-order valence-electron chi connectivity index (χ0n) is 11.0. The van der Waals surface area contributed by atoms with Crippen LogP contribution in [0.2, 0.25) is 0 Å². The molecule has 0 saturated carbocycles. The van der Waals surface area contributed by atoms with Gasteiger partial charge in [0.05, 0.1) is 16.7 Å². The van der Waals surface area contributed by atoms with E-state index < -0.39 is 11.7 Å². The molecule has 2 rings (SSSR count). The van der Waals surface area contributed by atoms with Crippen LogP contribution in [0.15, 0.2) is 5.38 Å². The van der Waals surface area contributed by atoms with Crippen LogP contribution in [0, 0.1) is 6.92 Å². The zero-order chi connectivity index (χ0) is 13.0. The molecule has 1 aromatic rings. The maximum Gasteiger partial charge on any atom is 0.0987 e. The van der Waals surface area contributed by atoms with E-state index in [-0.39, 0.29) is 0 Å². The first-order chi connectivity index (χ1) is 8.66. The molecule has 2 heterocycles. The van der Waals surface area contributed by atoms with Crippen molar-refractivity contribution in [3.8, 4) is 0 Å². The molecule has 1 saturated heterocycles. The van der Waals surface area contributed by atoms with E-state index in [4.69, 9.17) is 9.47 Å². The Bertz CT molecular complexity index is 369. The third kappa shape index (κ3) is 3.09. The van der Waals surface area contributed by atoms with Crippen LogP contribution in [-0.2, 0) is 15.9 Å². The van der Waals surface area contributed by atoms with Gasteiger partial charge in [0.2, 0.25) is 0 Å². The molecule has 1 unspecified atom stereocenters. The van der Waals surface area contributed by atoms with Gasteiger partial charge in [-0.3, -0.25) is 0 Å². The van der Waals surface area contributed by atoms with Crippen LogP contribution in [0.5, 0.6) is 0 Å². The van der Waals surface area contributed by atoms with Crippen LogP contribution in [0.1, 0.15) is 30.5 Å². The molecule has 0 spiro atoms. The van der Waals surface area contributed by atoms with Gasteiger partial charge < -0.3 is 14.6 Å². The van der Waals surface area contributed by atoms with Crippen LogP contribution in [0.4, 0.5) is 0 Å². The highest BCUT2D eigenvalue weighted by Gasteiger charge is 2.40. The number of rotatable bonds is 5. The average Bonchev–Trinajstić information content (AvgIpc) is 2.76. The Kier molecular flexibility index (Phi) is 4.72. The molecule has 1 aromatic heterocycles. The van der Waals surface area contributed by atoms with Crippen molar-refractivity contribution in [2.75, 3.05) is 19.8 Å². The topological polar surface area (TPSA) is 51.6 Å². The maximum absolute atomic E-state index is 10.5. The molecule has 0 amide bonds. The molecule has 1 aliphatic rings. The SMILES string of the molecule is CCOC1(C(O)Cc2nc(C)cs2)CCOCC1. The standard InChI is InChI=1S/C13H21NO3S/c1-3-17-13(4-6-16-7-5-13)11(15)8-12-14-10(2)9-18-12/h9,11,15H,3-8H2,1-2H3. The van der Waals surface area contributed by atoms with Crippen molar-refractivity contribution in [1.29, 1.82) is 0 Å². The summed E-state index contributed by atoms with van der Waals surface area (Å²) in [4.78, 5) is 4.41. The molecule has 0 aliphatic carbocycles. The van der Waals surface area contributed by atoms with Crippen LogP contribution in [0.25, 0.3) is 0 Å². The summed E-state index contributed by atoms with van der Waals surface area (Å²) in [7, 11) is 0. The molecule has 18 heavy (non-hydrogen) atoms. The number of nitrogens with zero attached hydrogens (tertiary/aromatic N) is 1. The van der Waals surface area contributed by atoms with E-state index in [1.165, 1.54) is 0 Å². The van der Waals surface area contributed by atoms with E-state index >= 15 is 0 Å². The summed E-state index contributed by atoms with van der Waals surface area (Å²) >= 11 is 1.60. The Morgan fingerprint density at radius 1 is 1.56 bits per heavy atom. The minimum atomic E-state index is -0.508. The molecule has 0 aromatic carbocycles. The summed E-state index contributed by atoms with van der Waals surface area (Å²) in [5.41, 5.74) is 0.562. The lowest BCUT2D eigenvalue weighted by Gasteiger charge is -2.40. The summed E-state index contributed by atoms with van der Waals surface area (Å²) < 4.78 is 11.2. The second-order valence-electron chi connectivity index (χ2n) is 4.71. The lowest BCUT2D eigenvalue weighted by atomic mass is 9.86. The smallest absolute Gasteiger partial charge is 0.0987 e. The first kappa shape index (κ1) is 13.9. The lowest BCUT2D eigenvalue weighted by Crippen LogP contribution is -2.50. The van der Waals surface area contributed by atoms with Crippen molar-refractivity contribution in [3.63, 3.8) is 0 Å². The zero-order valence-corrected chi connectivity index (χ0v) is 11.8. The maximum atomic E-state index is 10.5. The van der Waals surface area contributed by atoms with Crippen LogP contribution in [0.3, 0.4) is 0 Å². The van der Waals surface area contributed by atoms with E-state index in [0.29, 0.717) is 26.2 Å². The number of aromatic nitrogens is 1. The lowest BCUT2D eigenvalue weighted by molar-refractivity contribution is -0.165. The van der Waals surface area contributed by atoms with E-state index in [0.717, 1.165) is 23.5 Å². The Hall–Kier alpha value is -0.490. The summed E-state index contributed by atoms with van der Waals surface area (Å²) in [6.45, 7) is 5.88. The van der Waals surface area contributed by atoms with Gasteiger partial charge in [-0.1, -0.05) is 0 Å². The van der Waals surface area contributed by atoms with Gasteiger partial charge in [0.15, 0.2) is 0 Å². The highest BCUT2D eigenvalue weighted by molar-refractivity contribution is 7.09. The van der Waals surface area contributed by atoms with Gasteiger partial charge in [-0.15, -0.1) is 11.3 Å². The number of aliphatic hydroxyl groups is 1. The molecule has 1 atom stereocenters. The molecule has 1 fully saturated rings. The number of hydrogen-bond donors (Lipinski definition) is 1. The fraction of sp³-hybridized carbons (Fsp3) is 0.769. The minimum absolute atomic E-state index is 0.452. The number of aryl methyl sites for hydroxylation is 1. The van der Waals surface area contributed by atoms with E-state index in [2.05, 4.69) is 4.98 Å². The number of thiazole rings is 1. The van der Waals surface area contributed by atoms with Gasteiger partial charge in [-0.25, -0.2) is 4.98 Å². The minimum Gasteiger partial charge on any atom is -0.390 e. The highest BCUT2D eigenvalue weighted by Crippen LogP contribution is 2.31. The van der Waals surface area contributed by atoms with Crippen LogP contribution in [-0.4, -0.2) is 41.6 Å². The Morgan fingerprint density at radius 2 is 2.28 bits per heavy atom. The van der Waals surface area contributed by atoms with Crippen molar-refractivity contribution in [1.82, 2.24) is 4.98 Å². The summed E-state index contributed by atoms with van der Waals surface area (Å²) in [6, 6.07) is 0. The monoisotopic (exact) mass is 271 g/mol. The van der Waals surface area contributed by atoms with Gasteiger partial charge in [-0.2, -0.15) is 0 Å². The predicted octanol–water partition coefficient (Wildman–Crippen LogP) is 1.94. The average molecular weight is 271 g/mol. The fourth-order valence-electron chi connectivity index (χ4n) is 2.43. The number of ether oxygens (including phenoxy) is 2. The van der Waals surface area contributed by atoms with Crippen molar-refractivity contribution in [3.05, 3.63) is 16.1 Å². The van der Waals surface area contributed by atoms with E-state index in [1.807, 2.05) is 19.2 Å². The first-order valence-corrected chi connectivity index (χ1v) is 7.35. The third-order valence-electron chi connectivity index (χ3n) is 3.41. The molecule has 0 radical (unpaired) electrons. The van der Waals surface area contributed by atoms with E-state index in [1.54, 1.807) is 11.3 Å².